The molecule has 0 spiro atoms. The van der Waals surface area contributed by atoms with Crippen molar-refractivity contribution < 1.29 is 13.2 Å². The first-order valence-corrected chi connectivity index (χ1v) is 6.74. The minimum Gasteiger partial charge on any atom is -0.495 e. The predicted octanol–water partition coefficient (Wildman–Crippen LogP) is 2.30. The van der Waals surface area contributed by atoms with Crippen molar-refractivity contribution in [2.75, 3.05) is 11.8 Å². The van der Waals surface area contributed by atoms with E-state index in [0.717, 1.165) is 0 Å². The normalized spacial score (nSPS) is 10.9. The van der Waals surface area contributed by atoms with E-state index in [1.165, 1.54) is 19.2 Å². The topological polar surface area (TPSA) is 55.4 Å². The summed E-state index contributed by atoms with van der Waals surface area (Å²) in [5.41, 5.74) is 0.389. The largest absolute Gasteiger partial charge is 0.495 e. The van der Waals surface area contributed by atoms with Crippen LogP contribution in [0.25, 0.3) is 0 Å². The van der Waals surface area contributed by atoms with Crippen molar-refractivity contribution in [3.63, 3.8) is 0 Å². The summed E-state index contributed by atoms with van der Waals surface area (Å²) in [7, 11) is -2.11. The van der Waals surface area contributed by atoms with Gasteiger partial charge in [0, 0.05) is 0 Å². The number of ether oxygens (including phenoxy) is 1. The van der Waals surface area contributed by atoms with Crippen LogP contribution < -0.4 is 9.46 Å². The Morgan fingerprint density at radius 3 is 2.56 bits per heavy atom. The molecule has 1 radical (unpaired) electrons. The van der Waals surface area contributed by atoms with E-state index in [9.17, 15) is 8.42 Å². The second-order valence-corrected chi connectivity index (χ2v) is 5.23. The van der Waals surface area contributed by atoms with Crippen molar-refractivity contribution in [3.05, 3.63) is 54.6 Å². The zero-order valence-corrected chi connectivity index (χ0v) is 10.6. The van der Waals surface area contributed by atoms with Gasteiger partial charge in [-0.2, -0.15) is 0 Å². The van der Waals surface area contributed by atoms with E-state index in [0.29, 0.717) is 11.4 Å². The number of hydrogen-bond acceptors (Lipinski definition) is 3. The zero-order chi connectivity index (χ0) is 13.0. The summed E-state index contributed by atoms with van der Waals surface area (Å²) in [6, 6.07) is 15.8. The molecule has 1 N–H and O–H groups in total. The van der Waals surface area contributed by atoms with Crippen LogP contribution in [0.2, 0.25) is 0 Å². The third-order valence-electron chi connectivity index (χ3n) is 2.34. The van der Waals surface area contributed by atoms with Crippen LogP contribution in [0.5, 0.6) is 5.75 Å². The summed E-state index contributed by atoms with van der Waals surface area (Å²) in [6.07, 6.45) is 0. The van der Waals surface area contributed by atoms with Crippen LogP contribution >= 0.6 is 0 Å². The second-order valence-electron chi connectivity index (χ2n) is 3.54. The molecule has 0 fully saturated rings. The van der Waals surface area contributed by atoms with Gasteiger partial charge in [-0.1, -0.05) is 24.3 Å². The number of hydrogen-bond donors (Lipinski definition) is 1. The highest BCUT2D eigenvalue weighted by atomic mass is 32.2. The highest BCUT2D eigenvalue weighted by Crippen LogP contribution is 2.25. The predicted molar refractivity (Wildman–Crippen MR) is 69.1 cm³/mol. The smallest absolute Gasteiger partial charge is 0.262 e. The summed E-state index contributed by atoms with van der Waals surface area (Å²) < 4.78 is 31.7. The van der Waals surface area contributed by atoms with E-state index < -0.39 is 10.0 Å². The highest BCUT2D eigenvalue weighted by molar-refractivity contribution is 7.92. The molecule has 0 aliphatic carbocycles. The van der Waals surface area contributed by atoms with E-state index in [4.69, 9.17) is 4.74 Å². The first kappa shape index (κ1) is 12.4. The molecule has 0 amide bonds. The summed E-state index contributed by atoms with van der Waals surface area (Å²) in [5.74, 6) is 0.428. The van der Waals surface area contributed by atoms with Gasteiger partial charge in [0.25, 0.3) is 10.0 Å². The van der Waals surface area contributed by atoms with Crippen molar-refractivity contribution in [2.45, 2.75) is 4.90 Å². The van der Waals surface area contributed by atoms with Crippen LogP contribution in [0.3, 0.4) is 0 Å². The zero-order valence-electron chi connectivity index (χ0n) is 9.75. The van der Waals surface area contributed by atoms with Gasteiger partial charge in [-0.3, -0.25) is 4.72 Å². The SMILES string of the molecule is COc1c[c]ccc1NS(=O)(=O)c1ccccc1. The average Bonchev–Trinajstić information content (AvgIpc) is 2.40. The van der Waals surface area contributed by atoms with Gasteiger partial charge >= 0.3 is 0 Å². The first-order valence-electron chi connectivity index (χ1n) is 5.25. The maximum absolute atomic E-state index is 12.1. The first-order chi connectivity index (χ1) is 8.63. The number of anilines is 1. The molecule has 0 aliphatic heterocycles. The minimum atomic E-state index is -3.59. The molecule has 0 heterocycles. The monoisotopic (exact) mass is 262 g/mol. The van der Waals surface area contributed by atoms with Crippen LogP contribution in [0.1, 0.15) is 0 Å². The van der Waals surface area contributed by atoms with Gasteiger partial charge in [0.05, 0.1) is 17.7 Å². The van der Waals surface area contributed by atoms with Crippen LogP contribution in [0.15, 0.2) is 53.4 Å². The molecule has 2 rings (SSSR count). The molecule has 5 heteroatoms. The quantitative estimate of drug-likeness (QED) is 0.919. The Morgan fingerprint density at radius 2 is 1.89 bits per heavy atom. The lowest BCUT2D eigenvalue weighted by molar-refractivity contribution is 0.417. The molecule has 2 aromatic rings. The maximum atomic E-state index is 12.1. The molecule has 0 aliphatic rings. The minimum absolute atomic E-state index is 0.208. The van der Waals surface area contributed by atoms with E-state index in [1.54, 1.807) is 36.4 Å². The molecule has 18 heavy (non-hydrogen) atoms. The lowest BCUT2D eigenvalue weighted by atomic mass is 10.3. The van der Waals surface area contributed by atoms with Crippen molar-refractivity contribution >= 4 is 15.7 Å². The molecule has 2 aromatic carbocycles. The number of methoxy groups -OCH3 is 1. The fourth-order valence-corrected chi connectivity index (χ4v) is 2.56. The molecular weight excluding hydrogens is 250 g/mol. The number of sulfonamides is 1. The average molecular weight is 262 g/mol. The summed E-state index contributed by atoms with van der Waals surface area (Å²) in [4.78, 5) is 0.208. The van der Waals surface area contributed by atoms with Gasteiger partial charge in [0.2, 0.25) is 0 Å². The van der Waals surface area contributed by atoms with Crippen molar-refractivity contribution in [2.24, 2.45) is 0 Å². The molecule has 0 atom stereocenters. The Labute approximate surface area is 106 Å². The third kappa shape index (κ3) is 2.62. The summed E-state index contributed by atoms with van der Waals surface area (Å²) in [5, 5.41) is 0. The highest BCUT2D eigenvalue weighted by Gasteiger charge is 2.15. The molecule has 0 unspecified atom stereocenters. The van der Waals surface area contributed by atoms with E-state index in [-0.39, 0.29) is 4.90 Å². The van der Waals surface area contributed by atoms with E-state index in [1.807, 2.05) is 0 Å². The standard InChI is InChI=1S/C13H12NO3S/c1-17-13-10-6-5-9-12(13)14-18(15,16)11-7-3-2-4-8-11/h2-5,7-10,14H,1H3. The van der Waals surface area contributed by atoms with Crippen LogP contribution in [0, 0.1) is 6.07 Å². The summed E-state index contributed by atoms with van der Waals surface area (Å²) in [6.45, 7) is 0. The molecule has 0 bridgehead atoms. The molecule has 93 valence electrons. The Hall–Kier alpha value is -2.01. The molecule has 0 saturated carbocycles. The Balaban J connectivity index is 2.34. The number of nitrogens with one attached hydrogen (secondary N) is 1. The van der Waals surface area contributed by atoms with Gasteiger partial charge in [-0.15, -0.1) is 0 Å². The van der Waals surface area contributed by atoms with Gasteiger partial charge in [0.1, 0.15) is 5.75 Å². The lowest BCUT2D eigenvalue weighted by Gasteiger charge is -2.11. The fourth-order valence-electron chi connectivity index (χ4n) is 1.47. The molecule has 0 saturated heterocycles. The van der Waals surface area contributed by atoms with Gasteiger partial charge < -0.3 is 4.74 Å². The Kier molecular flexibility index (Phi) is 3.53. The van der Waals surface area contributed by atoms with Gasteiger partial charge in [-0.25, -0.2) is 8.42 Å². The fraction of sp³-hybridized carbons (Fsp3) is 0.0769. The Bertz CT molecular complexity index is 624. The van der Waals surface area contributed by atoms with Crippen molar-refractivity contribution in [1.29, 1.82) is 0 Å². The molecular formula is C13H12NO3S. The van der Waals surface area contributed by atoms with E-state index >= 15 is 0 Å². The molecule has 0 aromatic heterocycles. The van der Waals surface area contributed by atoms with Crippen molar-refractivity contribution in [3.8, 4) is 5.75 Å². The van der Waals surface area contributed by atoms with Gasteiger partial charge in [-0.05, 0) is 30.3 Å². The van der Waals surface area contributed by atoms with Crippen molar-refractivity contribution in [1.82, 2.24) is 0 Å². The second kappa shape index (κ2) is 5.10. The van der Waals surface area contributed by atoms with Crippen LogP contribution in [-0.2, 0) is 10.0 Å². The number of benzene rings is 2. The summed E-state index contributed by atoms with van der Waals surface area (Å²) >= 11 is 0. The molecule has 4 nitrogen and oxygen atoms in total. The van der Waals surface area contributed by atoms with E-state index in [2.05, 4.69) is 10.8 Å². The van der Waals surface area contributed by atoms with Crippen LogP contribution in [0.4, 0.5) is 5.69 Å². The Morgan fingerprint density at radius 1 is 1.17 bits per heavy atom. The van der Waals surface area contributed by atoms with Crippen LogP contribution in [-0.4, -0.2) is 15.5 Å². The number of rotatable bonds is 4. The maximum Gasteiger partial charge on any atom is 0.262 e. The third-order valence-corrected chi connectivity index (χ3v) is 3.73. The van der Waals surface area contributed by atoms with Gasteiger partial charge in [0.15, 0.2) is 0 Å². The lowest BCUT2D eigenvalue weighted by Crippen LogP contribution is -2.13.